The average Bonchev–Trinajstić information content (AvgIpc) is 2.26. The monoisotopic (exact) mass is 331 g/mol. The minimum Gasteiger partial charge on any atom is -0.452 e. The van der Waals surface area contributed by atoms with Crippen molar-refractivity contribution in [3.05, 3.63) is 40.0 Å². The molecule has 0 spiro atoms. The van der Waals surface area contributed by atoms with E-state index in [-0.39, 0.29) is 6.09 Å². The van der Waals surface area contributed by atoms with E-state index in [1.54, 1.807) is 4.90 Å². The molecule has 0 aliphatic rings. The third kappa shape index (κ3) is 3.23. The summed E-state index contributed by atoms with van der Waals surface area (Å²) in [4.78, 5) is 13.2. The first kappa shape index (κ1) is 13.0. The normalized spacial score (nSPS) is 9.69. The van der Waals surface area contributed by atoms with E-state index in [1.165, 1.54) is 7.11 Å². The van der Waals surface area contributed by atoms with Gasteiger partial charge in [-0.3, -0.25) is 4.90 Å². The van der Waals surface area contributed by atoms with Gasteiger partial charge in [0.2, 0.25) is 0 Å². The summed E-state index contributed by atoms with van der Waals surface area (Å²) in [5.74, 6) is 0. The molecule has 1 amide bonds. The van der Waals surface area contributed by atoms with Gasteiger partial charge in [0.1, 0.15) is 0 Å². The predicted molar refractivity (Wildman–Crippen MR) is 73.7 cm³/mol. The van der Waals surface area contributed by atoms with Gasteiger partial charge >= 0.3 is 6.09 Å². The smallest absolute Gasteiger partial charge is 0.414 e. The third-order valence-corrected chi connectivity index (χ3v) is 2.88. The molecule has 4 heteroatoms. The maximum absolute atomic E-state index is 11.7. The number of hydrogen-bond acceptors (Lipinski definition) is 2. The second-order valence-electron chi connectivity index (χ2n) is 3.46. The maximum atomic E-state index is 11.7. The number of methoxy groups -OCH3 is 1. The van der Waals surface area contributed by atoms with Crippen molar-refractivity contribution in [2.24, 2.45) is 0 Å². The highest BCUT2D eigenvalue weighted by atomic mass is 127. The number of anilines is 1. The fraction of sp³-hybridized carbons (Fsp3) is 0.250. The van der Waals surface area contributed by atoms with Crippen molar-refractivity contribution < 1.29 is 9.53 Å². The molecule has 86 valence electrons. The van der Waals surface area contributed by atoms with E-state index < -0.39 is 0 Å². The van der Waals surface area contributed by atoms with Crippen LogP contribution in [0, 0.1) is 3.57 Å². The van der Waals surface area contributed by atoms with Crippen LogP contribution in [0.1, 0.15) is 6.92 Å². The highest BCUT2D eigenvalue weighted by Crippen LogP contribution is 2.23. The van der Waals surface area contributed by atoms with Crippen LogP contribution in [0.5, 0.6) is 0 Å². The first-order chi connectivity index (χ1) is 7.56. The number of carbonyl (C=O) groups is 1. The maximum Gasteiger partial charge on any atom is 0.414 e. The molecule has 1 rings (SSSR count). The fourth-order valence-corrected chi connectivity index (χ4v) is 1.98. The van der Waals surface area contributed by atoms with Crippen molar-refractivity contribution in [3.8, 4) is 0 Å². The summed E-state index contributed by atoms with van der Waals surface area (Å²) in [5, 5.41) is 0. The van der Waals surface area contributed by atoms with E-state index in [2.05, 4.69) is 29.2 Å². The number of benzene rings is 1. The summed E-state index contributed by atoms with van der Waals surface area (Å²) < 4.78 is 5.77. The molecule has 0 aliphatic carbocycles. The van der Waals surface area contributed by atoms with E-state index in [1.807, 2.05) is 31.2 Å². The van der Waals surface area contributed by atoms with Crippen LogP contribution < -0.4 is 4.90 Å². The summed E-state index contributed by atoms with van der Waals surface area (Å²) in [6.07, 6.45) is -0.368. The van der Waals surface area contributed by atoms with Gasteiger partial charge in [-0.1, -0.05) is 24.3 Å². The van der Waals surface area contributed by atoms with E-state index in [0.717, 1.165) is 14.8 Å². The molecule has 0 saturated carbocycles. The Hall–Kier alpha value is -1.04. The van der Waals surface area contributed by atoms with Crippen LogP contribution in [0.25, 0.3) is 0 Å². The van der Waals surface area contributed by atoms with Gasteiger partial charge in [-0.25, -0.2) is 4.79 Å². The van der Waals surface area contributed by atoms with Crippen molar-refractivity contribution in [2.75, 3.05) is 18.6 Å². The van der Waals surface area contributed by atoms with Crippen LogP contribution in [0.15, 0.2) is 36.4 Å². The van der Waals surface area contributed by atoms with Gasteiger partial charge in [0.25, 0.3) is 0 Å². The van der Waals surface area contributed by atoms with Crippen LogP contribution in [0.4, 0.5) is 10.5 Å². The van der Waals surface area contributed by atoms with Crippen LogP contribution in [-0.4, -0.2) is 19.7 Å². The zero-order chi connectivity index (χ0) is 12.1. The molecular formula is C12H14INO2. The molecule has 16 heavy (non-hydrogen) atoms. The van der Waals surface area contributed by atoms with Crippen molar-refractivity contribution >= 4 is 34.4 Å². The van der Waals surface area contributed by atoms with E-state index >= 15 is 0 Å². The van der Waals surface area contributed by atoms with Gasteiger partial charge in [-0.05, 0) is 41.6 Å². The number of hydrogen-bond donors (Lipinski definition) is 0. The molecule has 0 heterocycles. The first-order valence-electron chi connectivity index (χ1n) is 4.80. The lowest BCUT2D eigenvalue weighted by atomic mass is 10.2. The first-order valence-corrected chi connectivity index (χ1v) is 5.88. The Morgan fingerprint density at radius 1 is 1.50 bits per heavy atom. The number of nitrogens with zero attached hydrogens (tertiary/aromatic N) is 1. The topological polar surface area (TPSA) is 29.5 Å². The van der Waals surface area contributed by atoms with Crippen molar-refractivity contribution in [1.82, 2.24) is 0 Å². The SMILES string of the molecule is C=C(C)CN(C(=O)OC)c1ccccc1I. The van der Waals surface area contributed by atoms with Gasteiger partial charge < -0.3 is 4.74 Å². The minimum absolute atomic E-state index is 0.368. The molecule has 0 bridgehead atoms. The Labute approximate surface area is 109 Å². The Morgan fingerprint density at radius 3 is 2.62 bits per heavy atom. The average molecular weight is 331 g/mol. The lowest BCUT2D eigenvalue weighted by molar-refractivity contribution is 0.179. The number of carbonyl (C=O) groups excluding carboxylic acids is 1. The molecule has 0 N–H and O–H groups in total. The van der Waals surface area contributed by atoms with Crippen molar-refractivity contribution in [3.63, 3.8) is 0 Å². The van der Waals surface area contributed by atoms with Crippen LogP contribution in [0.2, 0.25) is 0 Å². The fourth-order valence-electron chi connectivity index (χ4n) is 1.30. The summed E-state index contributed by atoms with van der Waals surface area (Å²) in [7, 11) is 1.38. The zero-order valence-electron chi connectivity index (χ0n) is 9.37. The van der Waals surface area contributed by atoms with Crippen LogP contribution in [-0.2, 0) is 4.74 Å². The van der Waals surface area contributed by atoms with Gasteiger partial charge in [0, 0.05) is 10.1 Å². The molecule has 0 saturated heterocycles. The number of para-hydroxylation sites is 1. The summed E-state index contributed by atoms with van der Waals surface area (Å²) in [5.41, 5.74) is 1.75. The van der Waals surface area contributed by atoms with E-state index in [0.29, 0.717) is 6.54 Å². The Kier molecular flexibility index (Phi) is 4.79. The lowest BCUT2D eigenvalue weighted by Gasteiger charge is -2.22. The Bertz CT molecular complexity index is 404. The molecule has 0 aromatic heterocycles. The van der Waals surface area contributed by atoms with E-state index in [9.17, 15) is 4.79 Å². The molecule has 0 atom stereocenters. The number of halogens is 1. The standard InChI is InChI=1S/C12H14INO2/c1-9(2)8-14(12(15)16-3)11-7-5-4-6-10(11)13/h4-7H,1,8H2,2-3H3. The quantitative estimate of drug-likeness (QED) is 0.627. The Morgan fingerprint density at radius 2 is 2.12 bits per heavy atom. The minimum atomic E-state index is -0.368. The van der Waals surface area contributed by atoms with Crippen molar-refractivity contribution in [2.45, 2.75) is 6.92 Å². The molecule has 0 radical (unpaired) electrons. The van der Waals surface area contributed by atoms with Crippen LogP contribution >= 0.6 is 22.6 Å². The highest BCUT2D eigenvalue weighted by Gasteiger charge is 2.17. The zero-order valence-corrected chi connectivity index (χ0v) is 11.5. The predicted octanol–water partition coefficient (Wildman–Crippen LogP) is 3.44. The van der Waals surface area contributed by atoms with Crippen LogP contribution in [0.3, 0.4) is 0 Å². The van der Waals surface area contributed by atoms with Gasteiger partial charge in [0.15, 0.2) is 0 Å². The second kappa shape index (κ2) is 5.89. The molecule has 1 aromatic rings. The number of amides is 1. The molecule has 0 aliphatic heterocycles. The Balaban J connectivity index is 3.06. The summed E-state index contributed by atoms with van der Waals surface area (Å²) in [6.45, 7) is 6.16. The number of ether oxygens (including phenoxy) is 1. The molecule has 3 nitrogen and oxygen atoms in total. The van der Waals surface area contributed by atoms with Gasteiger partial charge in [-0.15, -0.1) is 0 Å². The van der Waals surface area contributed by atoms with Gasteiger partial charge in [0.05, 0.1) is 12.8 Å². The molecular weight excluding hydrogens is 317 g/mol. The lowest BCUT2D eigenvalue weighted by Crippen LogP contribution is -2.32. The molecule has 0 fully saturated rings. The number of rotatable bonds is 3. The summed E-state index contributed by atoms with van der Waals surface area (Å²) in [6, 6.07) is 7.67. The molecule has 1 aromatic carbocycles. The largest absolute Gasteiger partial charge is 0.452 e. The molecule has 0 unspecified atom stereocenters. The third-order valence-electron chi connectivity index (χ3n) is 1.97. The highest BCUT2D eigenvalue weighted by molar-refractivity contribution is 14.1. The summed E-state index contributed by atoms with van der Waals surface area (Å²) >= 11 is 2.19. The van der Waals surface area contributed by atoms with Crippen molar-refractivity contribution in [1.29, 1.82) is 0 Å². The van der Waals surface area contributed by atoms with E-state index in [4.69, 9.17) is 4.74 Å². The van der Waals surface area contributed by atoms with Gasteiger partial charge in [-0.2, -0.15) is 0 Å². The second-order valence-corrected chi connectivity index (χ2v) is 4.63.